The summed E-state index contributed by atoms with van der Waals surface area (Å²) in [7, 11) is 0. The summed E-state index contributed by atoms with van der Waals surface area (Å²) in [5.41, 5.74) is 12.2. The van der Waals surface area contributed by atoms with Crippen LogP contribution in [0, 0.1) is 0 Å². The van der Waals surface area contributed by atoms with Crippen molar-refractivity contribution >= 4 is 75.1 Å². The van der Waals surface area contributed by atoms with Crippen molar-refractivity contribution < 1.29 is 0 Å². The summed E-state index contributed by atoms with van der Waals surface area (Å²) in [5.74, 6) is 0. The molecule has 0 fully saturated rings. The van der Waals surface area contributed by atoms with Gasteiger partial charge in [-0.2, -0.15) is 0 Å². The van der Waals surface area contributed by atoms with Crippen LogP contribution in [0.3, 0.4) is 0 Å². The Morgan fingerprint density at radius 1 is 0.353 bits per heavy atom. The molecule has 0 amide bonds. The Balaban J connectivity index is 1.22. The van der Waals surface area contributed by atoms with Crippen LogP contribution in [0.15, 0.2) is 182 Å². The molecular formula is C48H30N2S. The minimum Gasteiger partial charge on any atom is -0.309 e. The summed E-state index contributed by atoms with van der Waals surface area (Å²) in [4.78, 5) is 0. The molecule has 3 aromatic heterocycles. The lowest BCUT2D eigenvalue weighted by Gasteiger charge is -2.12. The van der Waals surface area contributed by atoms with Crippen LogP contribution >= 0.6 is 11.3 Å². The van der Waals surface area contributed by atoms with Gasteiger partial charge < -0.3 is 9.13 Å². The molecule has 0 atom stereocenters. The van der Waals surface area contributed by atoms with Crippen LogP contribution in [0.5, 0.6) is 0 Å². The van der Waals surface area contributed by atoms with E-state index in [2.05, 4.69) is 191 Å². The Labute approximate surface area is 298 Å². The number of fused-ring (bicyclic) bond motifs is 10. The van der Waals surface area contributed by atoms with Gasteiger partial charge in [0.25, 0.3) is 0 Å². The van der Waals surface area contributed by atoms with E-state index in [0.717, 1.165) is 0 Å². The number of benzene rings is 8. The third-order valence-corrected chi connectivity index (χ3v) is 11.7. The van der Waals surface area contributed by atoms with Crippen molar-refractivity contribution in [2.45, 2.75) is 0 Å². The van der Waals surface area contributed by atoms with Crippen molar-refractivity contribution in [2.75, 3.05) is 0 Å². The smallest absolute Gasteiger partial charge is 0.0634 e. The molecule has 0 aliphatic carbocycles. The average molecular weight is 667 g/mol. The molecule has 0 unspecified atom stereocenters. The molecule has 51 heavy (non-hydrogen) atoms. The van der Waals surface area contributed by atoms with Gasteiger partial charge in [0, 0.05) is 58.7 Å². The maximum atomic E-state index is 2.49. The third-order valence-electron chi connectivity index (χ3n) is 10.5. The van der Waals surface area contributed by atoms with E-state index < -0.39 is 0 Å². The predicted octanol–water partition coefficient (Wildman–Crippen LogP) is 13.6. The van der Waals surface area contributed by atoms with Gasteiger partial charge in [-0.25, -0.2) is 0 Å². The first-order valence-electron chi connectivity index (χ1n) is 17.4. The van der Waals surface area contributed by atoms with Gasteiger partial charge in [0.2, 0.25) is 0 Å². The highest BCUT2D eigenvalue weighted by Crippen LogP contribution is 2.48. The van der Waals surface area contributed by atoms with Crippen molar-refractivity contribution in [3.8, 4) is 33.6 Å². The predicted molar refractivity (Wildman–Crippen MR) is 219 cm³/mol. The fraction of sp³-hybridized carbons (Fsp3) is 0. The van der Waals surface area contributed by atoms with Crippen molar-refractivity contribution in [2.24, 2.45) is 0 Å². The highest BCUT2D eigenvalue weighted by atomic mass is 32.1. The second-order valence-electron chi connectivity index (χ2n) is 13.3. The lowest BCUT2D eigenvalue weighted by Crippen LogP contribution is -1.94. The van der Waals surface area contributed by atoms with E-state index in [-0.39, 0.29) is 0 Å². The summed E-state index contributed by atoms with van der Waals surface area (Å²) in [6, 6.07) is 66.5. The maximum absolute atomic E-state index is 2.49. The Hall–Kier alpha value is -6.42. The fourth-order valence-corrected chi connectivity index (χ4v) is 9.49. The molecule has 8 aromatic carbocycles. The first kappa shape index (κ1) is 28.4. The van der Waals surface area contributed by atoms with E-state index in [0.29, 0.717) is 0 Å². The van der Waals surface area contributed by atoms with Crippen molar-refractivity contribution in [3.63, 3.8) is 0 Å². The van der Waals surface area contributed by atoms with Gasteiger partial charge in [-0.05, 0) is 77.4 Å². The van der Waals surface area contributed by atoms with Crippen molar-refractivity contribution in [1.82, 2.24) is 9.13 Å². The van der Waals surface area contributed by atoms with E-state index in [1.54, 1.807) is 0 Å². The summed E-state index contributed by atoms with van der Waals surface area (Å²) in [6.45, 7) is 0. The summed E-state index contributed by atoms with van der Waals surface area (Å²) in [6.07, 6.45) is 0. The fourth-order valence-electron chi connectivity index (χ4n) is 8.25. The lowest BCUT2D eigenvalue weighted by atomic mass is 9.97. The third kappa shape index (κ3) is 4.22. The van der Waals surface area contributed by atoms with E-state index in [1.165, 1.54) is 97.4 Å². The Morgan fingerprint density at radius 2 is 0.902 bits per heavy atom. The average Bonchev–Trinajstić information content (AvgIpc) is 3.86. The minimum absolute atomic E-state index is 1.17. The quantitative estimate of drug-likeness (QED) is 0.177. The van der Waals surface area contributed by atoms with Crippen LogP contribution < -0.4 is 0 Å². The first-order chi connectivity index (χ1) is 25.3. The number of para-hydroxylation sites is 3. The molecule has 2 nitrogen and oxygen atoms in total. The molecule has 3 heteroatoms. The number of thiophene rings is 1. The van der Waals surface area contributed by atoms with Gasteiger partial charge in [0.1, 0.15) is 0 Å². The number of rotatable bonds is 4. The van der Waals surface area contributed by atoms with Crippen LogP contribution in [0.25, 0.3) is 97.4 Å². The number of hydrogen-bond donors (Lipinski definition) is 0. The molecule has 0 radical (unpaired) electrons. The molecule has 0 bridgehead atoms. The number of hydrogen-bond acceptors (Lipinski definition) is 1. The molecule has 0 aliphatic rings. The molecule has 0 saturated heterocycles. The van der Waals surface area contributed by atoms with Gasteiger partial charge in [0.15, 0.2) is 0 Å². The van der Waals surface area contributed by atoms with E-state index in [9.17, 15) is 0 Å². The highest BCUT2D eigenvalue weighted by Gasteiger charge is 2.22. The van der Waals surface area contributed by atoms with Gasteiger partial charge in [-0.3, -0.25) is 0 Å². The zero-order chi connectivity index (χ0) is 33.5. The largest absolute Gasteiger partial charge is 0.309 e. The molecule has 0 N–H and O–H groups in total. The second-order valence-corrected chi connectivity index (χ2v) is 14.4. The minimum atomic E-state index is 1.17. The van der Waals surface area contributed by atoms with Crippen LogP contribution in [0.2, 0.25) is 0 Å². The number of aromatic nitrogens is 2. The monoisotopic (exact) mass is 666 g/mol. The zero-order valence-corrected chi connectivity index (χ0v) is 28.4. The van der Waals surface area contributed by atoms with Gasteiger partial charge in [0.05, 0.1) is 22.1 Å². The van der Waals surface area contributed by atoms with Crippen LogP contribution in [0.1, 0.15) is 0 Å². The van der Waals surface area contributed by atoms with E-state index in [4.69, 9.17) is 0 Å². The standard InChI is InChI=1S/C48H30N2S/c1-3-13-31(14-4-1)32-23-26-35(27-24-32)50-43-21-11-8-18-37(43)41-30-39(48-46(47(41)50)38-19-9-12-22-45(38)51-48)33-25-28-44-40(29-33)36-17-7-10-20-42(36)49(44)34-15-5-2-6-16-34/h1-30H. The molecular weight excluding hydrogens is 637 g/mol. The second kappa shape index (κ2) is 11.0. The molecule has 3 heterocycles. The molecule has 0 aliphatic heterocycles. The van der Waals surface area contributed by atoms with Crippen LogP contribution in [0.4, 0.5) is 0 Å². The Bertz CT molecular complexity index is 3110. The van der Waals surface area contributed by atoms with Gasteiger partial charge in [-0.1, -0.05) is 121 Å². The number of nitrogens with zero attached hydrogens (tertiary/aromatic N) is 2. The summed E-state index contributed by atoms with van der Waals surface area (Å²) < 4.78 is 7.50. The molecule has 11 aromatic rings. The normalized spacial score (nSPS) is 11.9. The van der Waals surface area contributed by atoms with Crippen LogP contribution in [-0.4, -0.2) is 9.13 Å². The molecule has 238 valence electrons. The topological polar surface area (TPSA) is 9.86 Å². The molecule has 11 rings (SSSR count). The Morgan fingerprint density at radius 3 is 1.67 bits per heavy atom. The van der Waals surface area contributed by atoms with E-state index in [1.807, 2.05) is 11.3 Å². The molecule has 0 saturated carbocycles. The van der Waals surface area contributed by atoms with E-state index >= 15 is 0 Å². The lowest BCUT2D eigenvalue weighted by molar-refractivity contribution is 1.18. The Kier molecular flexibility index (Phi) is 6.16. The van der Waals surface area contributed by atoms with Crippen molar-refractivity contribution in [3.05, 3.63) is 182 Å². The maximum Gasteiger partial charge on any atom is 0.0634 e. The molecule has 0 spiro atoms. The first-order valence-corrected chi connectivity index (χ1v) is 18.3. The summed E-state index contributed by atoms with van der Waals surface area (Å²) in [5, 5.41) is 7.69. The zero-order valence-electron chi connectivity index (χ0n) is 27.6. The van der Waals surface area contributed by atoms with Crippen molar-refractivity contribution in [1.29, 1.82) is 0 Å². The van der Waals surface area contributed by atoms with Gasteiger partial charge in [-0.15, -0.1) is 11.3 Å². The summed E-state index contributed by atoms with van der Waals surface area (Å²) >= 11 is 1.90. The van der Waals surface area contributed by atoms with Gasteiger partial charge >= 0.3 is 0 Å². The SMILES string of the molecule is c1ccc(-c2ccc(-n3c4ccccc4c4cc(-c5ccc6c(c5)c5ccccc5n6-c5ccccc5)c5sc6ccccc6c5c43)cc2)cc1. The van der Waals surface area contributed by atoms with Crippen LogP contribution in [-0.2, 0) is 0 Å². The highest BCUT2D eigenvalue weighted by molar-refractivity contribution is 7.26.